The molecular formula is C24H28N2O2. The summed E-state index contributed by atoms with van der Waals surface area (Å²) in [5.74, 6) is 1.91. The van der Waals surface area contributed by atoms with E-state index in [4.69, 9.17) is 0 Å². The summed E-state index contributed by atoms with van der Waals surface area (Å²) in [5.41, 5.74) is 4.22. The fourth-order valence-electron chi connectivity index (χ4n) is 6.35. The molecular weight excluding hydrogens is 348 g/mol. The van der Waals surface area contributed by atoms with Crippen LogP contribution in [0.3, 0.4) is 0 Å². The standard InChI is InChI=1S/C24H28N2O2/c1-24-12-11-19-18(20(24)9-10-22(24)28)8-7-15-13-17(27)14-21(23(15)19)26-25-16-5-3-2-4-6-16/h2-6,13-14,18-20,22,27-28H,7-12H2,1H3/t18-,19+,20+,22+,24+/m1/s1. The van der Waals surface area contributed by atoms with Crippen LogP contribution in [0.4, 0.5) is 11.4 Å². The summed E-state index contributed by atoms with van der Waals surface area (Å²) in [6.07, 6.45) is 6.18. The maximum atomic E-state index is 10.6. The van der Waals surface area contributed by atoms with Gasteiger partial charge in [0, 0.05) is 6.07 Å². The van der Waals surface area contributed by atoms with Gasteiger partial charge in [0.25, 0.3) is 0 Å². The van der Waals surface area contributed by atoms with E-state index in [9.17, 15) is 10.2 Å². The van der Waals surface area contributed by atoms with Crippen molar-refractivity contribution in [1.82, 2.24) is 0 Å². The molecule has 0 spiro atoms. The highest BCUT2D eigenvalue weighted by atomic mass is 16.3. The molecule has 0 unspecified atom stereocenters. The van der Waals surface area contributed by atoms with Crippen LogP contribution in [0.1, 0.15) is 56.1 Å². The Balaban J connectivity index is 1.54. The summed E-state index contributed by atoms with van der Waals surface area (Å²) in [4.78, 5) is 0. The summed E-state index contributed by atoms with van der Waals surface area (Å²) < 4.78 is 0. The Labute approximate surface area is 166 Å². The van der Waals surface area contributed by atoms with E-state index >= 15 is 0 Å². The Kier molecular flexibility index (Phi) is 4.27. The molecule has 28 heavy (non-hydrogen) atoms. The number of aromatic hydroxyl groups is 1. The predicted molar refractivity (Wildman–Crippen MR) is 109 cm³/mol. The molecule has 0 aromatic heterocycles. The molecule has 2 fully saturated rings. The molecule has 2 aromatic rings. The van der Waals surface area contributed by atoms with E-state index in [0.717, 1.165) is 49.9 Å². The Hall–Kier alpha value is -2.20. The molecule has 4 nitrogen and oxygen atoms in total. The number of hydrogen-bond donors (Lipinski definition) is 2. The van der Waals surface area contributed by atoms with Crippen LogP contribution in [0, 0.1) is 17.3 Å². The molecule has 5 atom stereocenters. The summed E-state index contributed by atoms with van der Waals surface area (Å²) in [5, 5.41) is 29.9. The van der Waals surface area contributed by atoms with Crippen LogP contribution < -0.4 is 0 Å². The highest BCUT2D eigenvalue weighted by molar-refractivity contribution is 5.58. The minimum Gasteiger partial charge on any atom is -0.508 e. The number of benzene rings is 2. The second-order valence-electron chi connectivity index (χ2n) is 9.13. The van der Waals surface area contributed by atoms with E-state index in [1.54, 1.807) is 6.07 Å². The fourth-order valence-corrected chi connectivity index (χ4v) is 6.35. The van der Waals surface area contributed by atoms with E-state index < -0.39 is 0 Å². The molecule has 2 aromatic carbocycles. The van der Waals surface area contributed by atoms with E-state index in [1.165, 1.54) is 11.1 Å². The van der Waals surface area contributed by atoms with Gasteiger partial charge < -0.3 is 10.2 Å². The lowest BCUT2D eigenvalue weighted by Gasteiger charge is -2.50. The van der Waals surface area contributed by atoms with Gasteiger partial charge in [0.2, 0.25) is 0 Å². The monoisotopic (exact) mass is 376 g/mol. The van der Waals surface area contributed by atoms with Gasteiger partial charge in [-0.2, -0.15) is 10.2 Å². The number of aryl methyl sites for hydroxylation is 1. The topological polar surface area (TPSA) is 65.2 Å². The van der Waals surface area contributed by atoms with Crippen molar-refractivity contribution in [3.8, 4) is 5.75 Å². The van der Waals surface area contributed by atoms with Gasteiger partial charge in [0.15, 0.2) is 0 Å². The first-order valence-electron chi connectivity index (χ1n) is 10.6. The SMILES string of the molecule is C[C@]12CC[C@@H]3c4c(cc(O)cc4N=Nc4ccccc4)CC[C@H]3[C@@H]1CC[C@@H]2O. The maximum Gasteiger partial charge on any atom is 0.118 e. The molecule has 0 bridgehead atoms. The lowest BCUT2D eigenvalue weighted by atomic mass is 9.55. The van der Waals surface area contributed by atoms with Gasteiger partial charge in [-0.25, -0.2) is 0 Å². The van der Waals surface area contributed by atoms with Gasteiger partial charge in [-0.05, 0) is 91.0 Å². The summed E-state index contributed by atoms with van der Waals surface area (Å²) in [6, 6.07) is 13.4. The molecule has 2 N–H and O–H groups in total. The van der Waals surface area contributed by atoms with Crippen molar-refractivity contribution in [2.45, 2.75) is 57.5 Å². The van der Waals surface area contributed by atoms with Gasteiger partial charge in [-0.15, -0.1) is 0 Å². The van der Waals surface area contributed by atoms with Crippen molar-refractivity contribution in [3.63, 3.8) is 0 Å². The lowest BCUT2D eigenvalue weighted by Crippen LogP contribution is -2.43. The van der Waals surface area contributed by atoms with Gasteiger partial charge >= 0.3 is 0 Å². The summed E-state index contributed by atoms with van der Waals surface area (Å²) in [7, 11) is 0. The van der Waals surface area contributed by atoms with Crippen molar-refractivity contribution < 1.29 is 10.2 Å². The second kappa shape index (κ2) is 6.70. The van der Waals surface area contributed by atoms with Crippen molar-refractivity contribution in [1.29, 1.82) is 0 Å². The van der Waals surface area contributed by atoms with Crippen LogP contribution in [-0.2, 0) is 6.42 Å². The highest BCUT2D eigenvalue weighted by Gasteiger charge is 2.54. The first kappa shape index (κ1) is 17.9. The van der Waals surface area contributed by atoms with E-state index in [2.05, 4.69) is 17.2 Å². The molecule has 3 aliphatic carbocycles. The number of nitrogens with zero attached hydrogens (tertiary/aromatic N) is 2. The number of rotatable bonds is 2. The van der Waals surface area contributed by atoms with Crippen LogP contribution in [0.5, 0.6) is 5.75 Å². The van der Waals surface area contributed by atoms with E-state index in [1.807, 2.05) is 36.4 Å². The first-order chi connectivity index (χ1) is 13.6. The first-order valence-corrected chi connectivity index (χ1v) is 10.6. The Bertz CT molecular complexity index is 910. The number of azo groups is 1. The molecule has 0 saturated heterocycles. The van der Waals surface area contributed by atoms with Crippen LogP contribution in [0.15, 0.2) is 52.7 Å². The molecule has 4 heteroatoms. The van der Waals surface area contributed by atoms with Crippen molar-refractivity contribution >= 4 is 11.4 Å². The zero-order chi connectivity index (χ0) is 19.3. The van der Waals surface area contributed by atoms with Crippen molar-refractivity contribution in [2.75, 3.05) is 0 Å². The van der Waals surface area contributed by atoms with Crippen LogP contribution >= 0.6 is 0 Å². The third kappa shape index (κ3) is 2.77. The Morgan fingerprint density at radius 1 is 1.00 bits per heavy atom. The van der Waals surface area contributed by atoms with Crippen LogP contribution in [-0.4, -0.2) is 16.3 Å². The number of phenols is 1. The average Bonchev–Trinajstić information content (AvgIpc) is 3.01. The minimum atomic E-state index is -0.156. The molecule has 0 heterocycles. The Morgan fingerprint density at radius 3 is 2.64 bits per heavy atom. The van der Waals surface area contributed by atoms with Gasteiger partial charge in [0.1, 0.15) is 5.75 Å². The fraction of sp³-hybridized carbons (Fsp3) is 0.500. The van der Waals surface area contributed by atoms with Crippen LogP contribution in [0.25, 0.3) is 0 Å². The van der Waals surface area contributed by atoms with E-state index in [0.29, 0.717) is 17.8 Å². The minimum absolute atomic E-state index is 0.0707. The summed E-state index contributed by atoms with van der Waals surface area (Å²) in [6.45, 7) is 2.30. The molecule has 0 amide bonds. The largest absolute Gasteiger partial charge is 0.508 e. The second-order valence-corrected chi connectivity index (χ2v) is 9.13. The molecule has 5 rings (SSSR count). The normalized spacial score (nSPS) is 34.1. The maximum absolute atomic E-state index is 10.6. The zero-order valence-electron chi connectivity index (χ0n) is 16.4. The molecule has 2 saturated carbocycles. The van der Waals surface area contributed by atoms with Crippen molar-refractivity contribution in [3.05, 3.63) is 53.6 Å². The van der Waals surface area contributed by atoms with Crippen molar-refractivity contribution in [2.24, 2.45) is 27.5 Å². The Morgan fingerprint density at radius 2 is 1.82 bits per heavy atom. The quantitative estimate of drug-likeness (QED) is 0.629. The van der Waals surface area contributed by atoms with Gasteiger partial charge in [0.05, 0.1) is 17.5 Å². The number of hydrogen-bond acceptors (Lipinski definition) is 4. The number of phenolic OH excluding ortho intramolecular Hbond substituents is 1. The van der Waals surface area contributed by atoms with Gasteiger partial charge in [-0.3, -0.25) is 0 Å². The number of aliphatic hydroxyl groups is 1. The molecule has 0 aliphatic heterocycles. The van der Waals surface area contributed by atoms with Crippen LogP contribution in [0.2, 0.25) is 0 Å². The molecule has 0 radical (unpaired) electrons. The smallest absolute Gasteiger partial charge is 0.118 e. The predicted octanol–water partition coefficient (Wildman–Crippen LogP) is 6.02. The van der Waals surface area contributed by atoms with Gasteiger partial charge in [-0.1, -0.05) is 25.1 Å². The third-order valence-electron chi connectivity index (χ3n) is 7.76. The third-order valence-corrected chi connectivity index (χ3v) is 7.76. The highest BCUT2D eigenvalue weighted by Crippen LogP contribution is 2.62. The average molecular weight is 377 g/mol. The lowest BCUT2D eigenvalue weighted by molar-refractivity contribution is -0.0225. The zero-order valence-corrected chi connectivity index (χ0v) is 16.4. The molecule has 146 valence electrons. The summed E-state index contributed by atoms with van der Waals surface area (Å²) >= 11 is 0. The number of aliphatic hydroxyl groups excluding tert-OH is 1. The molecule has 3 aliphatic rings. The number of fused-ring (bicyclic) bond motifs is 5. The van der Waals surface area contributed by atoms with E-state index in [-0.39, 0.29) is 17.3 Å².